The Bertz CT molecular complexity index is 980. The Morgan fingerprint density at radius 2 is 1.89 bits per heavy atom. The molecule has 1 saturated heterocycles. The fourth-order valence-electron chi connectivity index (χ4n) is 3.19. The molecule has 1 aromatic heterocycles. The molecule has 0 atom stereocenters. The summed E-state index contributed by atoms with van der Waals surface area (Å²) in [5.41, 5.74) is 1.93. The number of ether oxygens (including phenoxy) is 1. The van der Waals surface area contributed by atoms with E-state index >= 15 is 0 Å². The summed E-state index contributed by atoms with van der Waals surface area (Å²) in [5.74, 6) is -1.29. The highest BCUT2D eigenvalue weighted by atomic mass is 32.1. The lowest BCUT2D eigenvalue weighted by molar-refractivity contribution is 0.0595. The van der Waals surface area contributed by atoms with Crippen molar-refractivity contribution in [2.75, 3.05) is 13.1 Å². The molecule has 0 unspecified atom stereocenters. The van der Waals surface area contributed by atoms with Crippen LogP contribution < -0.4 is 4.74 Å². The molecule has 0 aliphatic carbocycles. The fourth-order valence-corrected chi connectivity index (χ4v) is 4.11. The highest BCUT2D eigenvalue weighted by molar-refractivity contribution is 7.20. The maximum absolute atomic E-state index is 13.8. The van der Waals surface area contributed by atoms with Crippen LogP contribution >= 0.6 is 11.3 Å². The van der Waals surface area contributed by atoms with E-state index in [1.54, 1.807) is 0 Å². The van der Waals surface area contributed by atoms with Crippen molar-refractivity contribution in [3.8, 4) is 5.19 Å². The molecule has 4 nitrogen and oxygen atoms in total. The van der Waals surface area contributed by atoms with Crippen LogP contribution in [0.25, 0.3) is 10.2 Å². The van der Waals surface area contributed by atoms with Gasteiger partial charge in [-0.05, 0) is 25.1 Å². The molecule has 7 heteroatoms. The van der Waals surface area contributed by atoms with Gasteiger partial charge in [0, 0.05) is 37.6 Å². The molecular weight excluding hydrogens is 370 g/mol. The van der Waals surface area contributed by atoms with Gasteiger partial charge < -0.3 is 9.64 Å². The SMILES string of the molecule is Cc1ccc(C(=O)N2CCC(Oc3nc4c(F)cc(F)cc4s3)CC2)cc1. The van der Waals surface area contributed by atoms with Crippen molar-refractivity contribution >= 4 is 27.5 Å². The first-order valence-electron chi connectivity index (χ1n) is 8.78. The fraction of sp³-hybridized carbons (Fsp3) is 0.300. The van der Waals surface area contributed by atoms with Crippen molar-refractivity contribution in [1.82, 2.24) is 9.88 Å². The Morgan fingerprint density at radius 1 is 1.19 bits per heavy atom. The predicted molar refractivity (Wildman–Crippen MR) is 100 cm³/mol. The van der Waals surface area contributed by atoms with Crippen LogP contribution in [0, 0.1) is 18.6 Å². The lowest BCUT2D eigenvalue weighted by atomic mass is 10.1. The zero-order valence-electron chi connectivity index (χ0n) is 14.7. The summed E-state index contributed by atoms with van der Waals surface area (Å²) < 4.78 is 33.4. The van der Waals surface area contributed by atoms with E-state index in [0.29, 0.717) is 41.4 Å². The molecule has 0 spiro atoms. The normalized spacial score (nSPS) is 15.3. The van der Waals surface area contributed by atoms with E-state index in [-0.39, 0.29) is 17.5 Å². The summed E-state index contributed by atoms with van der Waals surface area (Å²) >= 11 is 1.13. The number of aromatic nitrogens is 1. The average Bonchev–Trinajstić information content (AvgIpc) is 3.05. The number of piperidine rings is 1. The predicted octanol–water partition coefficient (Wildman–Crippen LogP) is 4.57. The molecule has 2 heterocycles. The van der Waals surface area contributed by atoms with E-state index < -0.39 is 11.6 Å². The third kappa shape index (κ3) is 3.78. The van der Waals surface area contributed by atoms with E-state index in [9.17, 15) is 13.6 Å². The monoisotopic (exact) mass is 388 g/mol. The van der Waals surface area contributed by atoms with E-state index in [4.69, 9.17) is 4.74 Å². The van der Waals surface area contributed by atoms with Crippen molar-refractivity contribution < 1.29 is 18.3 Å². The Balaban J connectivity index is 1.39. The maximum Gasteiger partial charge on any atom is 0.274 e. The average molecular weight is 388 g/mol. The Labute approximate surface area is 159 Å². The van der Waals surface area contributed by atoms with Crippen LogP contribution in [0.4, 0.5) is 8.78 Å². The quantitative estimate of drug-likeness (QED) is 0.660. The van der Waals surface area contributed by atoms with Crippen LogP contribution in [0.3, 0.4) is 0 Å². The zero-order valence-corrected chi connectivity index (χ0v) is 15.6. The minimum atomic E-state index is -0.686. The van der Waals surface area contributed by atoms with Crippen LogP contribution in [0.1, 0.15) is 28.8 Å². The molecule has 140 valence electrons. The second kappa shape index (κ2) is 7.23. The minimum Gasteiger partial charge on any atom is -0.467 e. The molecule has 0 N–H and O–H groups in total. The summed E-state index contributed by atoms with van der Waals surface area (Å²) in [4.78, 5) is 18.5. The molecular formula is C20H18F2N2O2S. The lowest BCUT2D eigenvalue weighted by Crippen LogP contribution is -2.41. The maximum atomic E-state index is 13.8. The number of likely N-dealkylation sites (tertiary alicyclic amines) is 1. The number of carbonyl (C=O) groups excluding carboxylic acids is 1. The van der Waals surface area contributed by atoms with Gasteiger partial charge in [0.05, 0.1) is 4.70 Å². The van der Waals surface area contributed by atoms with Crippen molar-refractivity contribution in [3.05, 3.63) is 59.2 Å². The highest BCUT2D eigenvalue weighted by Gasteiger charge is 2.25. The summed E-state index contributed by atoms with van der Waals surface area (Å²) in [5, 5.41) is 0.331. The standard InChI is InChI=1S/C20H18F2N2O2S/c1-12-2-4-13(5-3-12)19(25)24-8-6-15(7-9-24)26-20-23-18-16(22)10-14(21)11-17(18)27-20/h2-5,10-11,15H,6-9H2,1H3. The van der Waals surface area contributed by atoms with Crippen LogP contribution in [-0.4, -0.2) is 35.0 Å². The summed E-state index contributed by atoms with van der Waals surface area (Å²) in [6.45, 7) is 3.16. The molecule has 3 aromatic rings. The van der Waals surface area contributed by atoms with Gasteiger partial charge in [0.2, 0.25) is 0 Å². The van der Waals surface area contributed by atoms with Gasteiger partial charge in [0.1, 0.15) is 17.4 Å². The number of carbonyl (C=O) groups is 1. The summed E-state index contributed by atoms with van der Waals surface area (Å²) in [7, 11) is 0. The van der Waals surface area contributed by atoms with Crippen LogP contribution in [0.5, 0.6) is 5.19 Å². The lowest BCUT2D eigenvalue weighted by Gasteiger charge is -2.31. The molecule has 0 saturated carbocycles. The van der Waals surface area contributed by atoms with E-state index in [2.05, 4.69) is 4.98 Å². The number of amides is 1. The van der Waals surface area contributed by atoms with Gasteiger partial charge in [-0.25, -0.2) is 8.78 Å². The Kier molecular flexibility index (Phi) is 4.78. The Hall–Kier alpha value is -2.54. The smallest absolute Gasteiger partial charge is 0.274 e. The molecule has 1 aliphatic heterocycles. The van der Waals surface area contributed by atoms with Crippen molar-refractivity contribution in [2.45, 2.75) is 25.9 Å². The van der Waals surface area contributed by atoms with E-state index in [0.717, 1.165) is 23.0 Å². The number of halogens is 2. The van der Waals surface area contributed by atoms with Crippen LogP contribution in [0.15, 0.2) is 36.4 Å². The molecule has 1 fully saturated rings. The minimum absolute atomic E-state index is 0.0194. The topological polar surface area (TPSA) is 42.4 Å². The third-order valence-corrected chi connectivity index (χ3v) is 5.58. The number of rotatable bonds is 3. The number of thiazole rings is 1. The van der Waals surface area contributed by atoms with Crippen molar-refractivity contribution in [2.24, 2.45) is 0 Å². The molecule has 0 radical (unpaired) electrons. The second-order valence-corrected chi connectivity index (χ2v) is 7.68. The number of hydrogen-bond donors (Lipinski definition) is 0. The number of nitrogens with zero attached hydrogens (tertiary/aromatic N) is 2. The molecule has 1 amide bonds. The first-order valence-corrected chi connectivity index (χ1v) is 9.59. The first kappa shape index (κ1) is 17.9. The van der Waals surface area contributed by atoms with Crippen LogP contribution in [0.2, 0.25) is 0 Å². The van der Waals surface area contributed by atoms with E-state index in [1.165, 1.54) is 6.07 Å². The number of aryl methyl sites for hydroxylation is 1. The number of fused-ring (bicyclic) bond motifs is 1. The van der Waals surface area contributed by atoms with Gasteiger partial charge in [-0.15, -0.1) is 0 Å². The first-order chi connectivity index (χ1) is 13.0. The van der Waals surface area contributed by atoms with Gasteiger partial charge in [-0.3, -0.25) is 4.79 Å². The third-order valence-electron chi connectivity index (χ3n) is 4.69. The molecule has 27 heavy (non-hydrogen) atoms. The second-order valence-electron chi connectivity index (χ2n) is 6.69. The van der Waals surface area contributed by atoms with Gasteiger partial charge in [0.25, 0.3) is 11.1 Å². The molecule has 0 bridgehead atoms. The Morgan fingerprint density at radius 3 is 2.59 bits per heavy atom. The van der Waals surface area contributed by atoms with Crippen molar-refractivity contribution in [1.29, 1.82) is 0 Å². The van der Waals surface area contributed by atoms with Gasteiger partial charge >= 0.3 is 0 Å². The number of benzene rings is 2. The number of hydrogen-bond acceptors (Lipinski definition) is 4. The highest BCUT2D eigenvalue weighted by Crippen LogP contribution is 2.32. The molecule has 2 aromatic carbocycles. The molecule has 4 rings (SSSR count). The van der Waals surface area contributed by atoms with E-state index in [1.807, 2.05) is 36.1 Å². The van der Waals surface area contributed by atoms with Gasteiger partial charge in [0.15, 0.2) is 5.82 Å². The zero-order chi connectivity index (χ0) is 19.0. The molecule has 1 aliphatic rings. The van der Waals surface area contributed by atoms with Crippen molar-refractivity contribution in [3.63, 3.8) is 0 Å². The van der Waals surface area contributed by atoms with Crippen LogP contribution in [-0.2, 0) is 0 Å². The summed E-state index contributed by atoms with van der Waals surface area (Å²) in [6.07, 6.45) is 1.25. The largest absolute Gasteiger partial charge is 0.467 e. The summed E-state index contributed by atoms with van der Waals surface area (Å²) in [6, 6.07) is 9.62. The van der Waals surface area contributed by atoms with Gasteiger partial charge in [-0.1, -0.05) is 29.0 Å². The van der Waals surface area contributed by atoms with Gasteiger partial charge in [-0.2, -0.15) is 4.98 Å².